The highest BCUT2D eigenvalue weighted by molar-refractivity contribution is 5.36. The Hall–Kier alpha value is -1.25. The second kappa shape index (κ2) is 9.98. The van der Waals surface area contributed by atoms with Crippen LogP contribution in [0.2, 0.25) is 0 Å². The van der Waals surface area contributed by atoms with Crippen LogP contribution in [0.25, 0.3) is 0 Å². The largest absolute Gasteiger partial charge is 0.266 e. The van der Waals surface area contributed by atoms with Gasteiger partial charge in [-0.15, -0.1) is 0 Å². The van der Waals surface area contributed by atoms with Gasteiger partial charge in [-0.05, 0) is 93.1 Å². The Bertz CT molecular complexity index is 648. The van der Waals surface area contributed by atoms with Crippen molar-refractivity contribution in [2.45, 2.75) is 90.4 Å². The topological polar surface area (TPSA) is 0 Å². The van der Waals surface area contributed by atoms with Gasteiger partial charge >= 0.3 is 0 Å². The third-order valence-corrected chi connectivity index (χ3v) is 7.10. The molecule has 1 aromatic carbocycles. The molecule has 0 heterocycles. The second-order valence-electron chi connectivity index (χ2n) is 9.07. The molecular weight excluding hydrogens is 357 g/mol. The first kappa shape index (κ1) is 21.5. The van der Waals surface area contributed by atoms with Gasteiger partial charge in [0.25, 0.3) is 6.43 Å². The molecule has 3 heteroatoms. The molecule has 0 spiro atoms. The summed E-state index contributed by atoms with van der Waals surface area (Å²) in [4.78, 5) is 0. The van der Waals surface area contributed by atoms with Crippen LogP contribution in [-0.4, -0.2) is 0 Å². The summed E-state index contributed by atoms with van der Waals surface area (Å²) < 4.78 is 41.0. The minimum Gasteiger partial charge on any atom is -0.206 e. The van der Waals surface area contributed by atoms with Crippen molar-refractivity contribution in [3.63, 3.8) is 0 Å². The van der Waals surface area contributed by atoms with Crippen LogP contribution in [0.15, 0.2) is 24.3 Å². The van der Waals surface area contributed by atoms with Crippen molar-refractivity contribution in [2.24, 2.45) is 17.8 Å². The van der Waals surface area contributed by atoms with Crippen molar-refractivity contribution in [1.29, 1.82) is 0 Å². The van der Waals surface area contributed by atoms with E-state index < -0.39 is 17.8 Å². The Balaban J connectivity index is 1.52. The molecule has 0 aromatic heterocycles. The first-order valence-corrected chi connectivity index (χ1v) is 11.2. The van der Waals surface area contributed by atoms with Crippen LogP contribution in [-0.2, 0) is 0 Å². The van der Waals surface area contributed by atoms with Crippen molar-refractivity contribution in [1.82, 2.24) is 0 Å². The lowest BCUT2D eigenvalue weighted by Crippen LogP contribution is -2.15. The fraction of sp³-hybridized carbons (Fsp3) is 0.680. The van der Waals surface area contributed by atoms with Crippen LogP contribution in [0.4, 0.5) is 13.2 Å². The molecule has 0 saturated heterocycles. The fourth-order valence-corrected chi connectivity index (χ4v) is 5.30. The Kier molecular flexibility index (Phi) is 7.65. The van der Waals surface area contributed by atoms with Gasteiger partial charge in [-0.2, -0.15) is 0 Å². The number of rotatable bonds is 6. The summed E-state index contributed by atoms with van der Waals surface area (Å²) in [5, 5.41) is 0. The zero-order chi connectivity index (χ0) is 20.1. The predicted octanol–water partition coefficient (Wildman–Crippen LogP) is 8.51. The van der Waals surface area contributed by atoms with E-state index in [1.165, 1.54) is 38.5 Å². The molecule has 2 fully saturated rings. The Morgan fingerprint density at radius 1 is 0.929 bits per heavy atom. The molecule has 0 N–H and O–H groups in total. The molecule has 2 saturated carbocycles. The van der Waals surface area contributed by atoms with Crippen LogP contribution in [0.5, 0.6) is 0 Å². The van der Waals surface area contributed by atoms with E-state index in [1.54, 1.807) is 19.1 Å². The number of allylic oxidation sites excluding steroid dienone is 2. The zero-order valence-corrected chi connectivity index (χ0v) is 17.4. The molecule has 2 aliphatic carbocycles. The monoisotopic (exact) mass is 392 g/mol. The average molecular weight is 393 g/mol. The highest BCUT2D eigenvalue weighted by Crippen LogP contribution is 2.40. The molecule has 2 aliphatic rings. The molecule has 0 unspecified atom stereocenters. The summed E-state index contributed by atoms with van der Waals surface area (Å²) in [5.74, 6) is 1.64. The first-order valence-electron chi connectivity index (χ1n) is 11.2. The van der Waals surface area contributed by atoms with E-state index in [-0.39, 0.29) is 5.92 Å². The molecular formula is C25H35F3. The van der Waals surface area contributed by atoms with Gasteiger partial charge in [0, 0.05) is 0 Å². The molecule has 0 atom stereocenters. The van der Waals surface area contributed by atoms with Crippen molar-refractivity contribution in [3.8, 4) is 0 Å². The van der Waals surface area contributed by atoms with Gasteiger partial charge in [0.1, 0.15) is 5.82 Å². The lowest BCUT2D eigenvalue weighted by atomic mass is 9.76. The average Bonchev–Trinajstić information content (AvgIpc) is 2.68. The van der Waals surface area contributed by atoms with E-state index >= 15 is 0 Å². The Morgan fingerprint density at radius 3 is 2.04 bits per heavy atom. The molecule has 0 amide bonds. The highest BCUT2D eigenvalue weighted by Gasteiger charge is 2.27. The maximum atomic E-state index is 14.6. The van der Waals surface area contributed by atoms with Crippen LogP contribution < -0.4 is 0 Å². The minimum absolute atomic E-state index is 0.0761. The maximum absolute atomic E-state index is 14.6. The third-order valence-electron chi connectivity index (χ3n) is 7.10. The van der Waals surface area contributed by atoms with E-state index in [1.807, 2.05) is 0 Å². The number of alkyl halides is 2. The zero-order valence-electron chi connectivity index (χ0n) is 17.4. The van der Waals surface area contributed by atoms with Gasteiger partial charge in [-0.1, -0.05) is 44.1 Å². The fourth-order valence-electron chi connectivity index (χ4n) is 5.30. The van der Waals surface area contributed by atoms with Gasteiger partial charge in [0.05, 0.1) is 5.56 Å². The summed E-state index contributed by atoms with van der Waals surface area (Å²) in [6.07, 6.45) is 14.0. The van der Waals surface area contributed by atoms with Crippen molar-refractivity contribution in [3.05, 3.63) is 46.8 Å². The predicted molar refractivity (Wildman–Crippen MR) is 110 cm³/mol. The van der Waals surface area contributed by atoms with E-state index in [0.717, 1.165) is 37.5 Å². The quantitative estimate of drug-likeness (QED) is 0.426. The summed E-state index contributed by atoms with van der Waals surface area (Å²) in [5.41, 5.74) is 0.442. The van der Waals surface area contributed by atoms with E-state index in [9.17, 15) is 13.2 Å². The number of hydrogen-bond donors (Lipinski definition) is 0. The normalized spacial score (nSPS) is 28.9. The molecule has 0 nitrogen and oxygen atoms in total. The summed E-state index contributed by atoms with van der Waals surface area (Å²) in [6.45, 7) is 3.84. The van der Waals surface area contributed by atoms with E-state index in [2.05, 4.69) is 19.1 Å². The molecule has 156 valence electrons. The lowest BCUT2D eigenvalue weighted by molar-refractivity contribution is 0.145. The van der Waals surface area contributed by atoms with Crippen molar-refractivity contribution >= 4 is 0 Å². The van der Waals surface area contributed by atoms with Gasteiger partial charge < -0.3 is 0 Å². The van der Waals surface area contributed by atoms with Crippen molar-refractivity contribution < 1.29 is 13.2 Å². The standard InChI is InChI=1S/C25H35F3/c1-3-4-18-6-8-19(9-7-18)10-11-20-12-14-21(15-13-20)22-16-5-17(2)23(24(22)26)25(27)28/h5,10-11,16,18-21,25H,3-4,6-9,12-15H2,1-2H3. The molecule has 3 rings (SSSR count). The molecule has 0 radical (unpaired) electrons. The highest BCUT2D eigenvalue weighted by atomic mass is 19.3. The number of halogens is 3. The third kappa shape index (κ3) is 5.21. The SMILES string of the molecule is CCCC1CCC(C=CC2CCC(c3ccc(C)c(C(F)F)c3F)CC2)CC1. The smallest absolute Gasteiger partial charge is 0.206 e. The van der Waals surface area contributed by atoms with Gasteiger partial charge in [0.15, 0.2) is 0 Å². The van der Waals surface area contributed by atoms with E-state index in [0.29, 0.717) is 17.0 Å². The van der Waals surface area contributed by atoms with Crippen molar-refractivity contribution in [2.75, 3.05) is 0 Å². The number of benzene rings is 1. The Morgan fingerprint density at radius 2 is 1.50 bits per heavy atom. The molecule has 28 heavy (non-hydrogen) atoms. The summed E-state index contributed by atoms with van der Waals surface area (Å²) in [7, 11) is 0. The van der Waals surface area contributed by atoms with Gasteiger partial charge in [-0.25, -0.2) is 13.2 Å². The molecule has 1 aromatic rings. The first-order chi connectivity index (χ1) is 13.5. The van der Waals surface area contributed by atoms with Gasteiger partial charge in [-0.3, -0.25) is 0 Å². The number of aryl methyl sites for hydroxylation is 1. The lowest BCUT2D eigenvalue weighted by Gasteiger charge is -2.29. The molecule has 0 bridgehead atoms. The van der Waals surface area contributed by atoms with E-state index in [4.69, 9.17) is 0 Å². The second-order valence-corrected chi connectivity index (χ2v) is 9.07. The minimum atomic E-state index is -2.74. The molecule has 0 aliphatic heterocycles. The van der Waals surface area contributed by atoms with Crippen LogP contribution in [0.1, 0.15) is 100 Å². The number of hydrogen-bond acceptors (Lipinski definition) is 0. The van der Waals surface area contributed by atoms with Gasteiger partial charge in [0.2, 0.25) is 0 Å². The summed E-state index contributed by atoms with van der Waals surface area (Å²) >= 11 is 0. The Labute approximate surface area is 168 Å². The van der Waals surface area contributed by atoms with Crippen LogP contribution in [0.3, 0.4) is 0 Å². The summed E-state index contributed by atoms with van der Waals surface area (Å²) in [6, 6.07) is 3.38. The van der Waals surface area contributed by atoms with Crippen LogP contribution in [0, 0.1) is 30.5 Å². The van der Waals surface area contributed by atoms with Crippen LogP contribution >= 0.6 is 0 Å². The maximum Gasteiger partial charge on any atom is 0.266 e.